The highest BCUT2D eigenvalue weighted by molar-refractivity contribution is 5.73. The number of hydrogen-bond acceptors (Lipinski definition) is 3. The van der Waals surface area contributed by atoms with Crippen LogP contribution in [0.2, 0.25) is 0 Å². The van der Waals surface area contributed by atoms with Gasteiger partial charge in [0.15, 0.2) is 6.29 Å². The largest absolute Gasteiger partial charge is 0.469 e. The molecule has 0 saturated heterocycles. The van der Waals surface area contributed by atoms with Gasteiger partial charge in [-0.1, -0.05) is 0 Å². The monoisotopic (exact) mass is 218 g/mol. The van der Waals surface area contributed by atoms with Crippen molar-refractivity contribution in [2.75, 3.05) is 0 Å². The lowest BCUT2D eigenvalue weighted by Gasteiger charge is -2.02. The maximum absolute atomic E-state index is 10.9. The van der Waals surface area contributed by atoms with Crippen LogP contribution in [0.15, 0.2) is 22.8 Å². The lowest BCUT2D eigenvalue weighted by Crippen LogP contribution is -2.02. The predicted molar refractivity (Wildman–Crippen MR) is 59.4 cm³/mol. The fourth-order valence-corrected chi connectivity index (χ4v) is 1.77. The summed E-state index contributed by atoms with van der Waals surface area (Å²) in [6.45, 7) is 1.89. The van der Waals surface area contributed by atoms with Gasteiger partial charge >= 0.3 is 0 Å². The summed E-state index contributed by atoms with van der Waals surface area (Å²) < 4.78 is 7.21. The lowest BCUT2D eigenvalue weighted by atomic mass is 10.2. The van der Waals surface area contributed by atoms with Crippen LogP contribution in [-0.2, 0) is 19.9 Å². The lowest BCUT2D eigenvalue weighted by molar-refractivity contribution is 0.111. The van der Waals surface area contributed by atoms with Gasteiger partial charge in [0, 0.05) is 19.2 Å². The van der Waals surface area contributed by atoms with Crippen molar-refractivity contribution >= 4 is 6.29 Å². The van der Waals surface area contributed by atoms with Gasteiger partial charge < -0.3 is 8.98 Å². The molecule has 0 radical (unpaired) electrons. The van der Waals surface area contributed by atoms with Crippen molar-refractivity contribution in [3.8, 4) is 0 Å². The van der Waals surface area contributed by atoms with E-state index in [2.05, 4.69) is 4.98 Å². The molecule has 0 N–H and O–H groups in total. The number of aryl methyl sites for hydroxylation is 2. The molecule has 2 rings (SSSR count). The van der Waals surface area contributed by atoms with E-state index in [9.17, 15) is 4.79 Å². The number of furan rings is 1. The maximum atomic E-state index is 10.9. The molecule has 4 heteroatoms. The Bertz CT molecular complexity index is 483. The van der Waals surface area contributed by atoms with Gasteiger partial charge in [0.1, 0.15) is 17.3 Å². The van der Waals surface area contributed by atoms with Gasteiger partial charge in [0.2, 0.25) is 0 Å². The molecule has 0 spiro atoms. The molecule has 0 aromatic carbocycles. The van der Waals surface area contributed by atoms with E-state index in [1.807, 2.05) is 30.7 Å². The zero-order valence-corrected chi connectivity index (χ0v) is 9.43. The number of hydrogen-bond donors (Lipinski definition) is 0. The molecule has 84 valence electrons. The summed E-state index contributed by atoms with van der Waals surface area (Å²) in [4.78, 5) is 15.0. The van der Waals surface area contributed by atoms with Crippen molar-refractivity contribution in [1.29, 1.82) is 0 Å². The Morgan fingerprint density at radius 3 is 2.94 bits per heavy atom. The molecule has 2 heterocycles. The SMILES string of the molecule is Cc1nc(C=O)c(CCc2ccco2)n1C. The van der Waals surface area contributed by atoms with Crippen LogP contribution in [0, 0.1) is 6.92 Å². The highest BCUT2D eigenvalue weighted by Crippen LogP contribution is 2.12. The number of carbonyl (C=O) groups is 1. The van der Waals surface area contributed by atoms with Crippen molar-refractivity contribution in [2.45, 2.75) is 19.8 Å². The van der Waals surface area contributed by atoms with Gasteiger partial charge in [-0.15, -0.1) is 0 Å². The second kappa shape index (κ2) is 4.35. The second-order valence-corrected chi connectivity index (χ2v) is 3.75. The summed E-state index contributed by atoms with van der Waals surface area (Å²) in [5.74, 6) is 1.78. The Morgan fingerprint density at radius 1 is 1.50 bits per heavy atom. The summed E-state index contributed by atoms with van der Waals surface area (Å²) in [7, 11) is 1.92. The van der Waals surface area contributed by atoms with Crippen molar-refractivity contribution in [1.82, 2.24) is 9.55 Å². The van der Waals surface area contributed by atoms with Crippen LogP contribution >= 0.6 is 0 Å². The average Bonchev–Trinajstić information content (AvgIpc) is 2.87. The zero-order valence-electron chi connectivity index (χ0n) is 9.43. The van der Waals surface area contributed by atoms with E-state index in [0.29, 0.717) is 5.69 Å². The molecule has 0 saturated carbocycles. The fourth-order valence-electron chi connectivity index (χ4n) is 1.77. The second-order valence-electron chi connectivity index (χ2n) is 3.75. The standard InChI is InChI=1S/C12H14N2O2/c1-9-13-11(8-15)12(14(9)2)6-5-10-4-3-7-16-10/h3-4,7-8H,5-6H2,1-2H3. The first-order chi connectivity index (χ1) is 7.72. The minimum Gasteiger partial charge on any atom is -0.469 e. The van der Waals surface area contributed by atoms with Crippen LogP contribution in [0.1, 0.15) is 27.8 Å². The van der Waals surface area contributed by atoms with E-state index in [4.69, 9.17) is 4.42 Å². The smallest absolute Gasteiger partial charge is 0.170 e. The normalized spacial score (nSPS) is 10.6. The van der Waals surface area contributed by atoms with Crippen LogP contribution in [-0.4, -0.2) is 15.8 Å². The molecule has 0 atom stereocenters. The maximum Gasteiger partial charge on any atom is 0.170 e. The molecule has 0 aliphatic carbocycles. The molecule has 4 nitrogen and oxygen atoms in total. The van der Waals surface area contributed by atoms with Gasteiger partial charge in [0.05, 0.1) is 6.26 Å². The Labute approximate surface area is 93.9 Å². The minimum atomic E-state index is 0.534. The number of rotatable bonds is 4. The molecule has 0 aliphatic heterocycles. The first-order valence-electron chi connectivity index (χ1n) is 5.22. The van der Waals surface area contributed by atoms with Crippen LogP contribution in [0.4, 0.5) is 0 Å². The topological polar surface area (TPSA) is 48.0 Å². The molecular formula is C12H14N2O2. The first-order valence-corrected chi connectivity index (χ1v) is 5.22. The van der Waals surface area contributed by atoms with Gasteiger partial charge in [-0.2, -0.15) is 0 Å². The highest BCUT2D eigenvalue weighted by atomic mass is 16.3. The molecule has 0 aliphatic rings. The number of carbonyl (C=O) groups excluding carboxylic acids is 1. The van der Waals surface area contributed by atoms with Gasteiger partial charge in [-0.05, 0) is 25.5 Å². The predicted octanol–water partition coefficient (Wildman–Crippen LogP) is 1.92. The molecular weight excluding hydrogens is 204 g/mol. The fraction of sp³-hybridized carbons (Fsp3) is 0.333. The molecule has 0 unspecified atom stereocenters. The van der Waals surface area contributed by atoms with Crippen LogP contribution in [0.5, 0.6) is 0 Å². The van der Waals surface area contributed by atoms with Crippen molar-refractivity contribution in [3.05, 3.63) is 41.4 Å². The third kappa shape index (κ3) is 1.91. The summed E-state index contributed by atoms with van der Waals surface area (Å²) in [6.07, 6.45) is 4.01. The highest BCUT2D eigenvalue weighted by Gasteiger charge is 2.11. The molecule has 2 aromatic heterocycles. The Kier molecular flexibility index (Phi) is 2.90. The van der Waals surface area contributed by atoms with Crippen molar-refractivity contribution < 1.29 is 9.21 Å². The molecule has 16 heavy (non-hydrogen) atoms. The summed E-state index contributed by atoms with van der Waals surface area (Å²) in [6, 6.07) is 3.80. The molecule has 2 aromatic rings. The quantitative estimate of drug-likeness (QED) is 0.736. The zero-order chi connectivity index (χ0) is 11.5. The molecule has 0 bridgehead atoms. The minimum absolute atomic E-state index is 0.534. The van der Waals surface area contributed by atoms with E-state index in [-0.39, 0.29) is 0 Å². The van der Waals surface area contributed by atoms with Crippen LogP contribution < -0.4 is 0 Å². The number of aromatic nitrogens is 2. The molecule has 0 fully saturated rings. The van der Waals surface area contributed by atoms with Crippen molar-refractivity contribution in [3.63, 3.8) is 0 Å². The van der Waals surface area contributed by atoms with E-state index in [1.54, 1.807) is 6.26 Å². The van der Waals surface area contributed by atoms with E-state index in [0.717, 1.165) is 36.4 Å². The third-order valence-corrected chi connectivity index (χ3v) is 2.77. The summed E-state index contributed by atoms with van der Waals surface area (Å²) >= 11 is 0. The Balaban J connectivity index is 2.17. The van der Waals surface area contributed by atoms with Gasteiger partial charge in [-0.3, -0.25) is 4.79 Å². The summed E-state index contributed by atoms with van der Waals surface area (Å²) in [5.41, 5.74) is 1.50. The number of aldehydes is 1. The van der Waals surface area contributed by atoms with Gasteiger partial charge in [-0.25, -0.2) is 4.98 Å². The number of imidazole rings is 1. The van der Waals surface area contributed by atoms with E-state index in [1.165, 1.54) is 0 Å². The van der Waals surface area contributed by atoms with Crippen LogP contribution in [0.3, 0.4) is 0 Å². The third-order valence-electron chi connectivity index (χ3n) is 2.77. The first kappa shape index (κ1) is 10.7. The van der Waals surface area contributed by atoms with E-state index >= 15 is 0 Å². The van der Waals surface area contributed by atoms with E-state index < -0.39 is 0 Å². The Hall–Kier alpha value is -1.84. The van der Waals surface area contributed by atoms with Crippen molar-refractivity contribution in [2.24, 2.45) is 7.05 Å². The Morgan fingerprint density at radius 2 is 2.31 bits per heavy atom. The van der Waals surface area contributed by atoms with Gasteiger partial charge in [0.25, 0.3) is 0 Å². The summed E-state index contributed by atoms with van der Waals surface area (Å²) in [5, 5.41) is 0. The number of nitrogens with zero attached hydrogens (tertiary/aromatic N) is 2. The molecule has 0 amide bonds. The average molecular weight is 218 g/mol. The van der Waals surface area contributed by atoms with Crippen LogP contribution in [0.25, 0.3) is 0 Å².